The maximum atomic E-state index is 10.4. The zero-order valence-corrected chi connectivity index (χ0v) is 20.3. The normalized spacial score (nSPS) is 17.7. The topological polar surface area (TPSA) is 35.8 Å². The summed E-state index contributed by atoms with van der Waals surface area (Å²) in [5.41, 5.74) is -0.185. The highest BCUT2D eigenvalue weighted by atomic mass is 35.5. The van der Waals surface area contributed by atoms with Gasteiger partial charge in [0.2, 0.25) is 0 Å². The van der Waals surface area contributed by atoms with Gasteiger partial charge in [-0.15, -0.1) is 0 Å². The van der Waals surface area contributed by atoms with E-state index in [1.54, 1.807) is 0 Å². The van der Waals surface area contributed by atoms with Gasteiger partial charge in [0.15, 0.2) is 0 Å². The second kappa shape index (κ2) is 18.5. The fourth-order valence-electron chi connectivity index (χ4n) is 4.32. The van der Waals surface area contributed by atoms with Crippen molar-refractivity contribution < 1.29 is 5.11 Å². The Balaban J connectivity index is 1.81. The Hall–Kier alpha value is -0.280. The molecule has 2 unspecified atom stereocenters. The number of aliphatic hydroxyl groups excluding tert-OH is 1. The molecule has 0 radical (unpaired) electrons. The van der Waals surface area contributed by atoms with Crippen molar-refractivity contribution in [3.63, 3.8) is 0 Å². The van der Waals surface area contributed by atoms with Crippen LogP contribution in [0.3, 0.4) is 0 Å². The minimum absolute atomic E-state index is 0.185. The Morgan fingerprint density at radius 2 is 1.21 bits per heavy atom. The van der Waals surface area contributed by atoms with Crippen molar-refractivity contribution in [2.45, 2.75) is 141 Å². The van der Waals surface area contributed by atoms with E-state index >= 15 is 0 Å². The van der Waals surface area contributed by atoms with Gasteiger partial charge < -0.3 is 10.0 Å². The molecule has 3 nitrogen and oxygen atoms in total. The van der Waals surface area contributed by atoms with Gasteiger partial charge in [-0.25, -0.2) is 4.99 Å². The summed E-state index contributed by atoms with van der Waals surface area (Å²) in [7, 11) is 0. The Bertz CT molecular complexity index is 402. The monoisotopic (exact) mass is 428 g/mol. The Morgan fingerprint density at radius 1 is 0.793 bits per heavy atom. The average molecular weight is 429 g/mol. The van der Waals surface area contributed by atoms with Crippen molar-refractivity contribution in [3.05, 3.63) is 0 Å². The quantitative estimate of drug-likeness (QED) is 0.122. The predicted molar refractivity (Wildman–Crippen MR) is 129 cm³/mol. The van der Waals surface area contributed by atoms with E-state index in [9.17, 15) is 5.11 Å². The summed E-state index contributed by atoms with van der Waals surface area (Å²) in [5, 5.41) is 10.4. The van der Waals surface area contributed by atoms with Crippen LogP contribution < -0.4 is 0 Å². The van der Waals surface area contributed by atoms with Crippen LogP contribution in [0.4, 0.5) is 0 Å². The van der Waals surface area contributed by atoms with Crippen LogP contribution >= 0.6 is 11.6 Å². The lowest BCUT2D eigenvalue weighted by Gasteiger charge is -2.21. The molecule has 1 rings (SSSR count). The van der Waals surface area contributed by atoms with E-state index in [-0.39, 0.29) is 5.50 Å². The first-order valence-corrected chi connectivity index (χ1v) is 13.3. The van der Waals surface area contributed by atoms with Crippen LogP contribution in [-0.4, -0.2) is 40.5 Å². The maximum absolute atomic E-state index is 10.4. The number of rotatable bonds is 20. The highest BCUT2D eigenvalue weighted by Crippen LogP contribution is 2.18. The molecule has 0 spiro atoms. The molecule has 1 aliphatic rings. The number of hydrogen-bond acceptors (Lipinski definition) is 3. The SMILES string of the molecule is CCCCCCCCCCCCCCCCCCCC(O)C1=NC(Cl)CN1CC. The standard InChI is InChI=1S/C25H49ClN2O/c1-3-5-6-7-8-9-10-11-12-13-14-15-16-17-18-19-20-21-23(29)25-27-24(26)22-28(25)4-2/h23-24,29H,3-22H2,1-2H3. The molecule has 0 aromatic heterocycles. The summed E-state index contributed by atoms with van der Waals surface area (Å²) in [6, 6.07) is 0. The van der Waals surface area contributed by atoms with E-state index in [4.69, 9.17) is 11.6 Å². The lowest BCUT2D eigenvalue weighted by Crippen LogP contribution is -2.36. The first-order chi connectivity index (χ1) is 14.2. The van der Waals surface area contributed by atoms with Crippen molar-refractivity contribution in [1.29, 1.82) is 0 Å². The summed E-state index contributed by atoms with van der Waals surface area (Å²) in [6.07, 6.45) is 23.9. The summed E-state index contributed by atoms with van der Waals surface area (Å²) < 4.78 is 0. The fourth-order valence-corrected chi connectivity index (χ4v) is 4.59. The van der Waals surface area contributed by atoms with Gasteiger partial charge >= 0.3 is 0 Å². The molecule has 4 heteroatoms. The number of aliphatic imine (C=N–C) groups is 1. The van der Waals surface area contributed by atoms with E-state index in [2.05, 4.69) is 23.7 Å². The molecule has 0 amide bonds. The fraction of sp³-hybridized carbons (Fsp3) is 0.960. The smallest absolute Gasteiger partial charge is 0.143 e. The number of hydrogen-bond donors (Lipinski definition) is 1. The minimum atomic E-state index is -0.435. The zero-order chi connectivity index (χ0) is 21.2. The van der Waals surface area contributed by atoms with Gasteiger partial charge in [-0.3, -0.25) is 0 Å². The van der Waals surface area contributed by atoms with E-state index < -0.39 is 6.10 Å². The molecule has 172 valence electrons. The Kier molecular flexibility index (Phi) is 17.1. The van der Waals surface area contributed by atoms with E-state index in [0.717, 1.165) is 31.8 Å². The van der Waals surface area contributed by atoms with Gasteiger partial charge in [-0.2, -0.15) is 0 Å². The maximum Gasteiger partial charge on any atom is 0.143 e. The molecule has 29 heavy (non-hydrogen) atoms. The van der Waals surface area contributed by atoms with Crippen molar-refractivity contribution >= 4 is 17.4 Å². The predicted octanol–water partition coefficient (Wildman–Crippen LogP) is 7.69. The van der Waals surface area contributed by atoms with Crippen LogP contribution in [0.25, 0.3) is 0 Å². The van der Waals surface area contributed by atoms with Crippen molar-refractivity contribution in [2.75, 3.05) is 13.1 Å². The molecule has 0 aromatic rings. The van der Waals surface area contributed by atoms with E-state index in [1.165, 1.54) is 103 Å². The van der Waals surface area contributed by atoms with E-state index in [1.807, 2.05) is 0 Å². The van der Waals surface area contributed by atoms with Crippen LogP contribution in [0.5, 0.6) is 0 Å². The molecule has 0 aliphatic carbocycles. The van der Waals surface area contributed by atoms with Gasteiger partial charge in [-0.05, 0) is 13.3 Å². The van der Waals surface area contributed by atoms with Gasteiger partial charge in [0, 0.05) is 6.54 Å². The zero-order valence-electron chi connectivity index (χ0n) is 19.5. The number of aliphatic hydroxyl groups is 1. The highest BCUT2D eigenvalue weighted by Gasteiger charge is 2.26. The summed E-state index contributed by atoms with van der Waals surface area (Å²) in [4.78, 5) is 6.50. The second-order valence-corrected chi connectivity index (χ2v) is 9.43. The number of amidine groups is 1. The van der Waals surface area contributed by atoms with Crippen molar-refractivity contribution in [2.24, 2.45) is 4.99 Å². The van der Waals surface area contributed by atoms with Crippen LogP contribution in [0.2, 0.25) is 0 Å². The van der Waals surface area contributed by atoms with Crippen LogP contribution in [0, 0.1) is 0 Å². The second-order valence-electron chi connectivity index (χ2n) is 8.92. The summed E-state index contributed by atoms with van der Waals surface area (Å²) in [6.45, 7) is 5.99. The number of likely N-dealkylation sites (N-methyl/N-ethyl adjacent to an activating group) is 1. The van der Waals surface area contributed by atoms with Gasteiger partial charge in [0.05, 0.1) is 6.54 Å². The molecule has 0 bridgehead atoms. The molecule has 1 heterocycles. The van der Waals surface area contributed by atoms with Gasteiger partial charge in [0.25, 0.3) is 0 Å². The number of alkyl halides is 1. The largest absolute Gasteiger partial charge is 0.385 e. The molecule has 0 fully saturated rings. The molecule has 2 atom stereocenters. The third-order valence-electron chi connectivity index (χ3n) is 6.23. The third kappa shape index (κ3) is 13.6. The molecular weight excluding hydrogens is 380 g/mol. The van der Waals surface area contributed by atoms with Gasteiger partial charge in [0.1, 0.15) is 17.4 Å². The van der Waals surface area contributed by atoms with E-state index in [0.29, 0.717) is 0 Å². The van der Waals surface area contributed by atoms with Crippen molar-refractivity contribution in [3.8, 4) is 0 Å². The molecule has 1 aliphatic heterocycles. The molecule has 0 saturated carbocycles. The molecule has 0 saturated heterocycles. The van der Waals surface area contributed by atoms with Crippen molar-refractivity contribution in [1.82, 2.24) is 4.90 Å². The van der Waals surface area contributed by atoms with Crippen LogP contribution in [-0.2, 0) is 0 Å². The third-order valence-corrected chi connectivity index (χ3v) is 6.46. The first-order valence-electron chi connectivity index (χ1n) is 12.8. The lowest BCUT2D eigenvalue weighted by molar-refractivity contribution is 0.210. The Labute approximate surface area is 186 Å². The summed E-state index contributed by atoms with van der Waals surface area (Å²) >= 11 is 6.09. The highest BCUT2D eigenvalue weighted by molar-refractivity contribution is 6.22. The number of halogens is 1. The molecular formula is C25H49ClN2O. The summed E-state index contributed by atoms with van der Waals surface area (Å²) in [5.74, 6) is 0.809. The van der Waals surface area contributed by atoms with Gasteiger partial charge in [-0.1, -0.05) is 128 Å². The minimum Gasteiger partial charge on any atom is -0.385 e. The van der Waals surface area contributed by atoms with Crippen LogP contribution in [0.15, 0.2) is 4.99 Å². The van der Waals surface area contributed by atoms with Crippen LogP contribution in [0.1, 0.15) is 129 Å². The molecule has 0 aromatic carbocycles. The Morgan fingerprint density at radius 3 is 1.62 bits per heavy atom. The molecule has 1 N–H and O–H groups in total. The number of nitrogens with zero attached hydrogens (tertiary/aromatic N) is 2. The number of unbranched alkanes of at least 4 members (excludes halogenated alkanes) is 16. The first kappa shape index (κ1) is 26.8. The average Bonchev–Trinajstić information content (AvgIpc) is 3.11. The lowest BCUT2D eigenvalue weighted by atomic mass is 10.0.